The minimum Gasteiger partial charge on any atom is -0.311 e. The molecule has 0 aliphatic rings. The summed E-state index contributed by atoms with van der Waals surface area (Å²) in [6, 6.07) is 70.5. The summed E-state index contributed by atoms with van der Waals surface area (Å²) in [5.74, 6) is 0. The van der Waals surface area contributed by atoms with Gasteiger partial charge in [-0.25, -0.2) is 17.6 Å². The molecule has 0 spiro atoms. The number of benzene rings is 8. The highest BCUT2D eigenvalue weighted by Gasteiger charge is 2.29. The van der Waals surface area contributed by atoms with Crippen molar-refractivity contribution in [3.63, 3.8) is 0 Å². The van der Waals surface area contributed by atoms with Gasteiger partial charge in [0.2, 0.25) is 0 Å². The molecule has 0 heterocycles. The van der Waals surface area contributed by atoms with Gasteiger partial charge < -0.3 is 18.3 Å². The van der Waals surface area contributed by atoms with Crippen molar-refractivity contribution in [2.24, 2.45) is 0 Å². The third-order valence-corrected chi connectivity index (χ3v) is 20.5. The van der Waals surface area contributed by atoms with E-state index >= 15 is 0 Å². The molecular weight excluding hydrogens is 888 g/mol. The Hall–Kier alpha value is -5.60. The molecule has 0 fully saturated rings. The predicted molar refractivity (Wildman–Crippen MR) is 263 cm³/mol. The number of rotatable bonds is 12. The molecule has 0 saturated carbocycles. The predicted octanol–water partition coefficient (Wildman–Crippen LogP) is 11.7. The van der Waals surface area contributed by atoms with Gasteiger partial charge in [-0.2, -0.15) is 0 Å². The summed E-state index contributed by atoms with van der Waals surface area (Å²) in [6.07, 6.45) is -3.33. The van der Waals surface area contributed by atoms with E-state index < -0.39 is 54.2 Å². The van der Waals surface area contributed by atoms with E-state index in [0.29, 0.717) is 42.4 Å². The molecule has 8 aromatic rings. The standard InChI is InChI=1S/4C13H12FOP/c4*14-11-16(15,12-7-3-1-4-8-12)13-9-5-2-6-10-13/h4*1-10H,11H2. The Morgan fingerprint density at radius 2 is 0.297 bits per heavy atom. The minimum absolute atomic E-state index is 0.573. The zero-order chi connectivity index (χ0) is 45.7. The van der Waals surface area contributed by atoms with E-state index in [2.05, 4.69) is 0 Å². The van der Waals surface area contributed by atoms with Crippen LogP contribution in [0.25, 0.3) is 0 Å². The molecular formula is C52H48F4O4P4. The van der Waals surface area contributed by atoms with Crippen LogP contribution in [0.3, 0.4) is 0 Å². The van der Waals surface area contributed by atoms with Crippen LogP contribution >= 0.6 is 28.6 Å². The van der Waals surface area contributed by atoms with Gasteiger partial charge in [-0.1, -0.05) is 243 Å². The number of halogens is 4. The molecule has 4 nitrogen and oxygen atoms in total. The van der Waals surface area contributed by atoms with Gasteiger partial charge in [0.25, 0.3) is 0 Å². The molecule has 0 aliphatic heterocycles. The van der Waals surface area contributed by atoms with Crippen molar-refractivity contribution in [3.05, 3.63) is 243 Å². The molecule has 0 aliphatic carbocycles. The van der Waals surface area contributed by atoms with Crippen LogP contribution in [0.4, 0.5) is 17.6 Å². The van der Waals surface area contributed by atoms with E-state index in [0.717, 1.165) is 0 Å². The topological polar surface area (TPSA) is 68.3 Å². The summed E-state index contributed by atoms with van der Waals surface area (Å²) in [4.78, 5) is 0. The Kier molecular flexibility index (Phi) is 18.9. The fourth-order valence-corrected chi connectivity index (χ4v) is 14.0. The molecule has 0 saturated heterocycles. The lowest BCUT2D eigenvalue weighted by molar-refractivity contribution is 0.542. The first-order valence-corrected chi connectivity index (χ1v) is 27.7. The van der Waals surface area contributed by atoms with Gasteiger partial charge in [0.05, 0.1) is 0 Å². The molecule has 0 atom stereocenters. The third kappa shape index (κ3) is 12.3. The maximum absolute atomic E-state index is 13.2. The Labute approximate surface area is 373 Å². The molecule has 12 heteroatoms. The van der Waals surface area contributed by atoms with E-state index in [1.807, 2.05) is 48.5 Å². The fraction of sp³-hybridized carbons (Fsp3) is 0.0769. The molecule has 328 valence electrons. The van der Waals surface area contributed by atoms with Gasteiger partial charge >= 0.3 is 0 Å². The van der Waals surface area contributed by atoms with Crippen molar-refractivity contribution in [2.75, 3.05) is 25.7 Å². The van der Waals surface area contributed by atoms with Crippen molar-refractivity contribution < 1.29 is 35.8 Å². The second-order valence-corrected chi connectivity index (χ2v) is 25.1. The van der Waals surface area contributed by atoms with Gasteiger partial charge in [-0.15, -0.1) is 0 Å². The van der Waals surface area contributed by atoms with Crippen molar-refractivity contribution in [3.8, 4) is 0 Å². The summed E-state index contributed by atoms with van der Waals surface area (Å²) < 4.78 is 103. The van der Waals surface area contributed by atoms with E-state index in [1.165, 1.54) is 0 Å². The SMILES string of the molecule is O=P(CF)(c1ccccc1)c1ccccc1.O=P(CF)(c1ccccc1)c1ccccc1.O=P(CF)(c1ccccc1)c1ccccc1.O=P(CF)(c1ccccc1)c1ccccc1. The Morgan fingerprint density at radius 1 is 0.203 bits per heavy atom. The van der Waals surface area contributed by atoms with Crippen molar-refractivity contribution in [1.29, 1.82) is 0 Å². The summed E-state index contributed by atoms with van der Waals surface area (Å²) in [5.41, 5.74) is 0. The normalized spacial score (nSPS) is 11.3. The maximum Gasteiger partial charge on any atom is 0.172 e. The van der Waals surface area contributed by atoms with E-state index in [1.54, 1.807) is 194 Å². The third-order valence-electron chi connectivity index (χ3n) is 10.1. The van der Waals surface area contributed by atoms with Crippen LogP contribution in [-0.2, 0) is 18.3 Å². The molecule has 0 amide bonds. The molecule has 0 unspecified atom stereocenters. The molecule has 8 rings (SSSR count). The highest BCUT2D eigenvalue weighted by Crippen LogP contribution is 2.45. The highest BCUT2D eigenvalue weighted by atomic mass is 31.2. The first kappa shape index (κ1) is 49.4. The minimum atomic E-state index is -3.07. The molecule has 0 aromatic heterocycles. The lowest BCUT2D eigenvalue weighted by Crippen LogP contribution is -2.16. The molecule has 0 bridgehead atoms. The van der Waals surface area contributed by atoms with E-state index in [-0.39, 0.29) is 0 Å². The average Bonchev–Trinajstić information content (AvgIpc) is 3.40. The van der Waals surface area contributed by atoms with Crippen LogP contribution in [-0.4, -0.2) is 25.7 Å². The average molecular weight is 937 g/mol. The zero-order valence-corrected chi connectivity index (χ0v) is 38.4. The Bertz CT molecular complexity index is 2200. The Balaban J connectivity index is 0.000000161. The van der Waals surface area contributed by atoms with Crippen LogP contribution in [0.1, 0.15) is 0 Å². The summed E-state index contributed by atoms with van der Waals surface area (Å²) >= 11 is 0. The van der Waals surface area contributed by atoms with Crippen LogP contribution in [0.15, 0.2) is 243 Å². The van der Waals surface area contributed by atoms with Crippen LogP contribution in [0, 0.1) is 0 Å². The van der Waals surface area contributed by atoms with Crippen LogP contribution in [0.2, 0.25) is 0 Å². The van der Waals surface area contributed by atoms with Crippen molar-refractivity contribution in [2.45, 2.75) is 0 Å². The number of alkyl halides is 4. The lowest BCUT2D eigenvalue weighted by Gasteiger charge is -2.15. The Morgan fingerprint density at radius 3 is 0.375 bits per heavy atom. The first-order valence-electron chi connectivity index (χ1n) is 20.1. The zero-order valence-electron chi connectivity index (χ0n) is 34.9. The molecule has 8 aromatic carbocycles. The van der Waals surface area contributed by atoms with Crippen molar-refractivity contribution in [1.82, 2.24) is 0 Å². The monoisotopic (exact) mass is 936 g/mol. The van der Waals surface area contributed by atoms with Gasteiger partial charge in [0.1, 0.15) is 0 Å². The van der Waals surface area contributed by atoms with Crippen molar-refractivity contribution >= 4 is 71.0 Å². The summed E-state index contributed by atoms with van der Waals surface area (Å²) in [7, 11) is -12.3. The first-order chi connectivity index (χ1) is 31.1. The molecule has 0 radical (unpaired) electrons. The second kappa shape index (κ2) is 24.5. The quantitative estimate of drug-likeness (QED) is 0.0904. The largest absolute Gasteiger partial charge is 0.311 e. The highest BCUT2D eigenvalue weighted by molar-refractivity contribution is 7.79. The van der Waals surface area contributed by atoms with E-state index in [9.17, 15) is 35.8 Å². The van der Waals surface area contributed by atoms with Gasteiger partial charge in [0, 0.05) is 42.4 Å². The van der Waals surface area contributed by atoms with Gasteiger partial charge in [0.15, 0.2) is 54.2 Å². The summed E-state index contributed by atoms with van der Waals surface area (Å²) in [5, 5.41) is 4.58. The number of hydrogen-bond acceptors (Lipinski definition) is 4. The fourth-order valence-electron chi connectivity index (χ4n) is 6.50. The molecule has 64 heavy (non-hydrogen) atoms. The van der Waals surface area contributed by atoms with Crippen LogP contribution < -0.4 is 42.4 Å². The lowest BCUT2D eigenvalue weighted by atomic mass is 10.4. The maximum atomic E-state index is 13.2. The number of hydrogen-bond donors (Lipinski definition) is 0. The smallest absolute Gasteiger partial charge is 0.172 e. The van der Waals surface area contributed by atoms with Gasteiger partial charge in [-0.05, 0) is 0 Å². The van der Waals surface area contributed by atoms with Gasteiger partial charge in [-0.3, -0.25) is 0 Å². The van der Waals surface area contributed by atoms with E-state index in [4.69, 9.17) is 0 Å². The summed E-state index contributed by atoms with van der Waals surface area (Å²) in [6.45, 7) is 0. The second-order valence-electron chi connectivity index (χ2n) is 14.1. The molecule has 0 N–H and O–H groups in total. The van der Waals surface area contributed by atoms with Crippen LogP contribution in [0.5, 0.6) is 0 Å².